The fourth-order valence-corrected chi connectivity index (χ4v) is 1.83. The highest BCUT2D eigenvalue weighted by Gasteiger charge is 2.11. The fraction of sp³-hybridized carbons (Fsp3) is 0.0714. The predicted octanol–water partition coefficient (Wildman–Crippen LogP) is 3.48. The lowest BCUT2D eigenvalue weighted by Crippen LogP contribution is -2.14. The van der Waals surface area contributed by atoms with Gasteiger partial charge in [0.2, 0.25) is 0 Å². The number of hydrogen-bond donors (Lipinski definition) is 2. The van der Waals surface area contributed by atoms with E-state index in [1.807, 2.05) is 19.1 Å². The van der Waals surface area contributed by atoms with E-state index < -0.39 is 0 Å². The molecule has 2 rings (SSSR count). The molecule has 2 aromatic carbocycles. The van der Waals surface area contributed by atoms with Crippen LogP contribution in [0.2, 0.25) is 5.02 Å². The van der Waals surface area contributed by atoms with E-state index in [-0.39, 0.29) is 5.91 Å². The van der Waals surface area contributed by atoms with Crippen LogP contribution in [0.25, 0.3) is 0 Å². The summed E-state index contributed by atoms with van der Waals surface area (Å²) in [7, 11) is 0. The first-order valence-electron chi connectivity index (χ1n) is 5.50. The van der Waals surface area contributed by atoms with Gasteiger partial charge in [-0.2, -0.15) is 0 Å². The molecular formula is C14H13ClN2O. The Morgan fingerprint density at radius 3 is 2.61 bits per heavy atom. The number of amides is 1. The van der Waals surface area contributed by atoms with Crippen molar-refractivity contribution in [1.82, 2.24) is 0 Å². The average molecular weight is 261 g/mol. The molecule has 0 spiro atoms. The molecule has 92 valence electrons. The fourth-order valence-electron chi connectivity index (χ4n) is 1.65. The maximum absolute atomic E-state index is 12.1. The molecule has 18 heavy (non-hydrogen) atoms. The first-order valence-corrected chi connectivity index (χ1v) is 5.88. The topological polar surface area (TPSA) is 55.1 Å². The van der Waals surface area contributed by atoms with Crippen LogP contribution in [0, 0.1) is 6.92 Å². The van der Waals surface area contributed by atoms with Crippen LogP contribution in [0.4, 0.5) is 11.4 Å². The molecule has 0 radical (unpaired) electrons. The van der Waals surface area contributed by atoms with E-state index in [0.717, 1.165) is 5.56 Å². The summed E-state index contributed by atoms with van der Waals surface area (Å²) in [5.41, 5.74) is 8.21. The van der Waals surface area contributed by atoms with E-state index in [4.69, 9.17) is 17.3 Å². The highest BCUT2D eigenvalue weighted by Crippen LogP contribution is 2.22. The minimum atomic E-state index is -0.215. The Labute approximate surface area is 111 Å². The number of nitrogens with two attached hydrogens (primary N) is 1. The van der Waals surface area contributed by atoms with Crippen LogP contribution < -0.4 is 11.1 Å². The average Bonchev–Trinajstić information content (AvgIpc) is 2.35. The Morgan fingerprint density at radius 1 is 1.17 bits per heavy atom. The summed E-state index contributed by atoms with van der Waals surface area (Å²) in [6.07, 6.45) is 0. The molecule has 4 heteroatoms. The van der Waals surface area contributed by atoms with Crippen molar-refractivity contribution in [3.63, 3.8) is 0 Å². The van der Waals surface area contributed by atoms with Crippen molar-refractivity contribution in [1.29, 1.82) is 0 Å². The minimum absolute atomic E-state index is 0.215. The number of nitrogen functional groups attached to an aromatic ring is 1. The lowest BCUT2D eigenvalue weighted by molar-refractivity contribution is 0.102. The van der Waals surface area contributed by atoms with Crippen molar-refractivity contribution in [2.24, 2.45) is 0 Å². The number of hydrogen-bond acceptors (Lipinski definition) is 2. The highest BCUT2D eigenvalue weighted by molar-refractivity contribution is 6.32. The molecule has 3 nitrogen and oxygen atoms in total. The predicted molar refractivity (Wildman–Crippen MR) is 75.0 cm³/mol. The second-order valence-electron chi connectivity index (χ2n) is 3.95. The first-order chi connectivity index (χ1) is 8.59. The normalized spacial score (nSPS) is 10.1. The molecule has 1 amide bonds. The Balaban J connectivity index is 2.28. The van der Waals surface area contributed by atoms with Crippen molar-refractivity contribution in [3.8, 4) is 0 Å². The van der Waals surface area contributed by atoms with Crippen LogP contribution in [0.1, 0.15) is 15.9 Å². The lowest BCUT2D eigenvalue weighted by atomic mass is 10.1. The SMILES string of the molecule is Cc1c(Cl)cccc1C(=O)Nc1ccccc1N. The first kappa shape index (κ1) is 12.5. The maximum atomic E-state index is 12.1. The molecule has 0 atom stereocenters. The van der Waals surface area contributed by atoms with Crippen LogP contribution in [0.15, 0.2) is 42.5 Å². The largest absolute Gasteiger partial charge is 0.397 e. The number of rotatable bonds is 2. The zero-order valence-electron chi connectivity index (χ0n) is 9.91. The molecule has 2 aromatic rings. The van der Waals surface area contributed by atoms with Crippen LogP contribution in [0.3, 0.4) is 0 Å². The Kier molecular flexibility index (Phi) is 3.53. The molecule has 0 aliphatic heterocycles. The standard InChI is InChI=1S/C14H13ClN2O/c1-9-10(5-4-6-11(9)15)14(18)17-13-8-3-2-7-12(13)16/h2-8H,16H2,1H3,(H,17,18). The summed E-state index contributed by atoms with van der Waals surface area (Å²) >= 11 is 5.99. The number of benzene rings is 2. The number of halogens is 1. The molecule has 0 fully saturated rings. The molecule has 0 aromatic heterocycles. The minimum Gasteiger partial charge on any atom is -0.397 e. The second-order valence-corrected chi connectivity index (χ2v) is 4.36. The summed E-state index contributed by atoms with van der Waals surface area (Å²) in [4.78, 5) is 12.1. The quantitative estimate of drug-likeness (QED) is 0.812. The van der Waals surface area contributed by atoms with Gasteiger partial charge in [0, 0.05) is 10.6 Å². The van der Waals surface area contributed by atoms with E-state index in [9.17, 15) is 4.79 Å². The molecule has 0 unspecified atom stereocenters. The molecule has 0 saturated heterocycles. The third-order valence-electron chi connectivity index (χ3n) is 2.72. The number of nitrogens with one attached hydrogen (secondary N) is 1. The monoisotopic (exact) mass is 260 g/mol. The Morgan fingerprint density at radius 2 is 1.89 bits per heavy atom. The van der Waals surface area contributed by atoms with Crippen LogP contribution in [-0.4, -0.2) is 5.91 Å². The van der Waals surface area contributed by atoms with Crippen molar-refractivity contribution in [2.45, 2.75) is 6.92 Å². The number of carbonyl (C=O) groups is 1. The number of para-hydroxylation sites is 2. The van der Waals surface area contributed by atoms with E-state index in [1.165, 1.54) is 0 Å². The molecule has 0 aliphatic carbocycles. The molecular weight excluding hydrogens is 248 g/mol. The van der Waals surface area contributed by atoms with E-state index in [0.29, 0.717) is 22.0 Å². The summed E-state index contributed by atoms with van der Waals surface area (Å²) in [6, 6.07) is 12.4. The number of carbonyl (C=O) groups excluding carboxylic acids is 1. The Hall–Kier alpha value is -2.00. The van der Waals surface area contributed by atoms with Crippen LogP contribution in [-0.2, 0) is 0 Å². The van der Waals surface area contributed by atoms with E-state index >= 15 is 0 Å². The van der Waals surface area contributed by atoms with Gasteiger partial charge in [-0.25, -0.2) is 0 Å². The van der Waals surface area contributed by atoms with Gasteiger partial charge in [0.15, 0.2) is 0 Å². The molecule has 0 heterocycles. The Bertz CT molecular complexity index is 596. The molecule has 0 bridgehead atoms. The number of anilines is 2. The lowest BCUT2D eigenvalue weighted by Gasteiger charge is -2.10. The molecule has 0 aliphatic rings. The van der Waals surface area contributed by atoms with Gasteiger partial charge < -0.3 is 11.1 Å². The summed E-state index contributed by atoms with van der Waals surface area (Å²) in [5.74, 6) is -0.215. The van der Waals surface area contributed by atoms with Gasteiger partial charge in [0.05, 0.1) is 11.4 Å². The van der Waals surface area contributed by atoms with Crippen molar-refractivity contribution < 1.29 is 4.79 Å². The maximum Gasteiger partial charge on any atom is 0.256 e. The van der Waals surface area contributed by atoms with Gasteiger partial charge >= 0.3 is 0 Å². The van der Waals surface area contributed by atoms with E-state index in [2.05, 4.69) is 5.32 Å². The van der Waals surface area contributed by atoms with Crippen LogP contribution in [0.5, 0.6) is 0 Å². The third-order valence-corrected chi connectivity index (χ3v) is 3.13. The zero-order chi connectivity index (χ0) is 13.1. The van der Waals surface area contributed by atoms with Gasteiger partial charge in [0.25, 0.3) is 5.91 Å². The van der Waals surface area contributed by atoms with Crippen molar-refractivity contribution in [2.75, 3.05) is 11.1 Å². The van der Waals surface area contributed by atoms with E-state index in [1.54, 1.807) is 30.3 Å². The van der Waals surface area contributed by atoms with Gasteiger partial charge in [-0.1, -0.05) is 29.8 Å². The summed E-state index contributed by atoms with van der Waals surface area (Å²) in [5, 5.41) is 3.34. The smallest absolute Gasteiger partial charge is 0.256 e. The second kappa shape index (κ2) is 5.10. The summed E-state index contributed by atoms with van der Waals surface area (Å²) < 4.78 is 0. The highest BCUT2D eigenvalue weighted by atomic mass is 35.5. The van der Waals surface area contributed by atoms with Crippen molar-refractivity contribution in [3.05, 3.63) is 58.6 Å². The van der Waals surface area contributed by atoms with Gasteiger partial charge in [-0.3, -0.25) is 4.79 Å². The van der Waals surface area contributed by atoms with Gasteiger partial charge in [-0.05, 0) is 36.8 Å². The van der Waals surface area contributed by atoms with Gasteiger partial charge in [0.1, 0.15) is 0 Å². The van der Waals surface area contributed by atoms with Crippen LogP contribution >= 0.6 is 11.6 Å². The zero-order valence-corrected chi connectivity index (χ0v) is 10.7. The van der Waals surface area contributed by atoms with Crippen molar-refractivity contribution >= 4 is 28.9 Å². The third kappa shape index (κ3) is 2.46. The molecule has 0 saturated carbocycles. The summed E-state index contributed by atoms with van der Waals surface area (Å²) in [6.45, 7) is 1.81. The molecule has 3 N–H and O–H groups in total. The van der Waals surface area contributed by atoms with Gasteiger partial charge in [-0.15, -0.1) is 0 Å².